The summed E-state index contributed by atoms with van der Waals surface area (Å²) in [4.78, 5) is 14.7. The second kappa shape index (κ2) is 7.05. The summed E-state index contributed by atoms with van der Waals surface area (Å²) in [7, 11) is 0. The molecule has 1 saturated heterocycles. The molecule has 0 aliphatic carbocycles. The molecule has 0 spiro atoms. The topological polar surface area (TPSA) is 74.8 Å². The van der Waals surface area contributed by atoms with E-state index < -0.39 is 0 Å². The maximum absolute atomic E-state index is 12.9. The lowest BCUT2D eigenvalue weighted by Crippen LogP contribution is -2.43. The number of hydrogen-bond acceptors (Lipinski definition) is 5. The molecule has 1 aromatic heterocycles. The van der Waals surface area contributed by atoms with Crippen molar-refractivity contribution in [1.82, 2.24) is 14.8 Å². The van der Waals surface area contributed by atoms with E-state index in [0.717, 1.165) is 36.1 Å². The first-order valence-electron chi connectivity index (χ1n) is 8.02. The number of benzene rings is 1. The number of amides is 1. The van der Waals surface area contributed by atoms with Gasteiger partial charge in [0, 0.05) is 18.8 Å². The Morgan fingerprint density at radius 3 is 2.75 bits per heavy atom. The highest BCUT2D eigenvalue weighted by molar-refractivity contribution is 8.00. The summed E-state index contributed by atoms with van der Waals surface area (Å²) >= 11 is 1.50. The summed E-state index contributed by atoms with van der Waals surface area (Å²) in [5, 5.41) is 17.9. The number of anilines is 1. The second-order valence-electron chi connectivity index (χ2n) is 5.67. The summed E-state index contributed by atoms with van der Waals surface area (Å²) in [6.07, 6.45) is 1.79. The van der Waals surface area contributed by atoms with E-state index in [9.17, 15) is 4.79 Å². The minimum atomic E-state index is -0.150. The van der Waals surface area contributed by atoms with E-state index in [0.29, 0.717) is 12.1 Å². The fraction of sp³-hybridized carbons (Fsp3) is 0.412. The number of piperidine rings is 1. The molecule has 0 unspecified atom stereocenters. The van der Waals surface area contributed by atoms with Crippen molar-refractivity contribution in [3.8, 4) is 6.07 Å². The van der Waals surface area contributed by atoms with Gasteiger partial charge in [-0.1, -0.05) is 11.8 Å². The van der Waals surface area contributed by atoms with Crippen molar-refractivity contribution in [3.63, 3.8) is 0 Å². The standard InChI is InChI=1S/C17H19N5OS/c1-3-21-12(2)19-20-17(21)24-15-5-4-10-22(16(15)23)14-8-6-13(11-18)7-9-14/h6-9,15H,3-5,10H2,1-2H3/t15-/m1/s1. The lowest BCUT2D eigenvalue weighted by atomic mass is 10.1. The predicted octanol–water partition coefficient (Wildman–Crippen LogP) is 2.77. The van der Waals surface area contributed by atoms with Crippen LogP contribution in [0.3, 0.4) is 0 Å². The van der Waals surface area contributed by atoms with Gasteiger partial charge < -0.3 is 9.47 Å². The van der Waals surface area contributed by atoms with Gasteiger partial charge in [0.25, 0.3) is 0 Å². The van der Waals surface area contributed by atoms with Gasteiger partial charge in [-0.3, -0.25) is 4.79 Å². The second-order valence-corrected chi connectivity index (χ2v) is 6.84. The van der Waals surface area contributed by atoms with Crippen molar-refractivity contribution in [1.29, 1.82) is 5.26 Å². The third kappa shape index (κ3) is 3.15. The molecule has 1 aliphatic heterocycles. The van der Waals surface area contributed by atoms with E-state index in [2.05, 4.69) is 16.3 Å². The smallest absolute Gasteiger partial charge is 0.240 e. The molecule has 6 nitrogen and oxygen atoms in total. The number of hydrogen-bond donors (Lipinski definition) is 0. The minimum absolute atomic E-state index is 0.0965. The number of carbonyl (C=O) groups excluding carboxylic acids is 1. The Morgan fingerprint density at radius 1 is 1.33 bits per heavy atom. The molecule has 0 radical (unpaired) electrons. The van der Waals surface area contributed by atoms with Crippen LogP contribution < -0.4 is 4.90 Å². The fourth-order valence-electron chi connectivity index (χ4n) is 2.86. The zero-order valence-electron chi connectivity index (χ0n) is 13.8. The minimum Gasteiger partial charge on any atom is -0.311 e. The van der Waals surface area contributed by atoms with Crippen LogP contribution in [0.4, 0.5) is 5.69 Å². The molecule has 1 aromatic carbocycles. The maximum Gasteiger partial charge on any atom is 0.240 e. The Balaban J connectivity index is 1.78. The monoisotopic (exact) mass is 341 g/mol. The first kappa shape index (κ1) is 16.5. The van der Waals surface area contributed by atoms with E-state index in [1.165, 1.54) is 11.8 Å². The normalized spacial score (nSPS) is 17.8. The molecule has 7 heteroatoms. The predicted molar refractivity (Wildman–Crippen MR) is 92.8 cm³/mol. The molecule has 124 valence electrons. The Morgan fingerprint density at radius 2 is 2.08 bits per heavy atom. The highest BCUT2D eigenvalue weighted by Gasteiger charge is 2.31. The van der Waals surface area contributed by atoms with Crippen LogP contribution in [0.25, 0.3) is 0 Å². The van der Waals surface area contributed by atoms with Gasteiger partial charge in [0.2, 0.25) is 5.91 Å². The molecule has 0 N–H and O–H groups in total. The lowest BCUT2D eigenvalue weighted by Gasteiger charge is -2.31. The Bertz CT molecular complexity index is 777. The van der Waals surface area contributed by atoms with Crippen LogP contribution in [-0.4, -0.2) is 32.5 Å². The van der Waals surface area contributed by atoms with E-state index >= 15 is 0 Å². The van der Waals surface area contributed by atoms with Crippen LogP contribution in [0.2, 0.25) is 0 Å². The van der Waals surface area contributed by atoms with Crippen molar-refractivity contribution in [2.75, 3.05) is 11.4 Å². The van der Waals surface area contributed by atoms with Gasteiger partial charge in [0.05, 0.1) is 16.9 Å². The average Bonchev–Trinajstić information content (AvgIpc) is 2.96. The van der Waals surface area contributed by atoms with Crippen LogP contribution >= 0.6 is 11.8 Å². The van der Waals surface area contributed by atoms with Crippen molar-refractivity contribution in [3.05, 3.63) is 35.7 Å². The Labute approximate surface area is 145 Å². The van der Waals surface area contributed by atoms with Gasteiger partial charge in [-0.2, -0.15) is 5.26 Å². The molecule has 1 atom stereocenters. The number of nitriles is 1. The summed E-state index contributed by atoms with van der Waals surface area (Å²) in [6.45, 7) is 5.47. The molecular weight excluding hydrogens is 322 g/mol. The molecule has 0 saturated carbocycles. The largest absolute Gasteiger partial charge is 0.311 e. The van der Waals surface area contributed by atoms with E-state index in [-0.39, 0.29) is 11.2 Å². The number of aromatic nitrogens is 3. The molecule has 1 amide bonds. The van der Waals surface area contributed by atoms with E-state index in [1.54, 1.807) is 12.1 Å². The van der Waals surface area contributed by atoms with Crippen molar-refractivity contribution in [2.45, 2.75) is 43.6 Å². The summed E-state index contributed by atoms with van der Waals surface area (Å²) in [5.74, 6) is 0.964. The van der Waals surface area contributed by atoms with Gasteiger partial charge in [0.1, 0.15) is 5.82 Å². The molecular formula is C17H19N5OS. The van der Waals surface area contributed by atoms with Gasteiger partial charge in [-0.05, 0) is 51.0 Å². The van der Waals surface area contributed by atoms with Gasteiger partial charge in [-0.25, -0.2) is 0 Å². The molecule has 0 bridgehead atoms. The lowest BCUT2D eigenvalue weighted by molar-refractivity contribution is -0.119. The highest BCUT2D eigenvalue weighted by atomic mass is 32.2. The van der Waals surface area contributed by atoms with Crippen LogP contribution in [0, 0.1) is 18.3 Å². The molecule has 2 heterocycles. The van der Waals surface area contributed by atoms with Gasteiger partial charge in [0.15, 0.2) is 5.16 Å². The highest BCUT2D eigenvalue weighted by Crippen LogP contribution is 2.32. The summed E-state index contributed by atoms with van der Waals surface area (Å²) < 4.78 is 2.03. The van der Waals surface area contributed by atoms with E-state index in [1.807, 2.05) is 35.4 Å². The maximum atomic E-state index is 12.9. The van der Waals surface area contributed by atoms with Crippen LogP contribution in [0.5, 0.6) is 0 Å². The molecule has 24 heavy (non-hydrogen) atoms. The molecule has 3 rings (SSSR count). The first-order chi connectivity index (χ1) is 11.6. The number of rotatable bonds is 4. The summed E-state index contributed by atoms with van der Waals surface area (Å²) in [5.41, 5.74) is 1.44. The number of thioether (sulfide) groups is 1. The van der Waals surface area contributed by atoms with Crippen LogP contribution in [-0.2, 0) is 11.3 Å². The number of carbonyl (C=O) groups is 1. The third-order valence-corrected chi connectivity index (χ3v) is 5.40. The van der Waals surface area contributed by atoms with Gasteiger partial charge >= 0.3 is 0 Å². The third-order valence-electron chi connectivity index (χ3n) is 4.16. The average molecular weight is 341 g/mol. The van der Waals surface area contributed by atoms with Crippen LogP contribution in [0.1, 0.15) is 31.2 Å². The Kier molecular flexibility index (Phi) is 4.86. The van der Waals surface area contributed by atoms with Crippen molar-refractivity contribution >= 4 is 23.4 Å². The zero-order chi connectivity index (χ0) is 17.1. The van der Waals surface area contributed by atoms with Crippen LogP contribution in [0.15, 0.2) is 29.4 Å². The SMILES string of the molecule is CCn1c(C)nnc1S[C@@H]1CCCN(c2ccc(C#N)cc2)C1=O. The van der Waals surface area contributed by atoms with Crippen molar-refractivity contribution in [2.24, 2.45) is 0 Å². The number of aryl methyl sites for hydroxylation is 1. The van der Waals surface area contributed by atoms with E-state index in [4.69, 9.17) is 5.26 Å². The first-order valence-corrected chi connectivity index (χ1v) is 8.90. The Hall–Kier alpha value is -2.33. The van der Waals surface area contributed by atoms with Crippen molar-refractivity contribution < 1.29 is 4.79 Å². The molecule has 1 fully saturated rings. The molecule has 2 aromatic rings. The fourth-order valence-corrected chi connectivity index (χ4v) is 4.11. The quantitative estimate of drug-likeness (QED) is 0.855. The molecule has 1 aliphatic rings. The number of nitrogens with zero attached hydrogens (tertiary/aromatic N) is 5. The zero-order valence-corrected chi connectivity index (χ0v) is 14.6. The van der Waals surface area contributed by atoms with Gasteiger partial charge in [-0.15, -0.1) is 10.2 Å². The summed E-state index contributed by atoms with van der Waals surface area (Å²) in [6, 6.07) is 9.26.